The fraction of sp³-hybridized carbons (Fsp3) is 0.750. The van der Waals surface area contributed by atoms with Crippen LogP contribution in [-0.2, 0) is 14.3 Å². The van der Waals surface area contributed by atoms with E-state index >= 15 is 0 Å². The van der Waals surface area contributed by atoms with Crippen LogP contribution in [0.15, 0.2) is 11.6 Å². The number of hydrogen-bond donors (Lipinski definition) is 0. The highest BCUT2D eigenvalue weighted by Gasteiger charge is 2.51. The highest BCUT2D eigenvalue weighted by atomic mass is 16.6. The summed E-state index contributed by atoms with van der Waals surface area (Å²) in [6.45, 7) is 9.90. The van der Waals surface area contributed by atoms with Crippen LogP contribution in [0.4, 0.5) is 4.79 Å². The second kappa shape index (κ2) is 6.50. The number of hydrogen-bond acceptors (Lipinski definition) is 4. The smallest absolute Gasteiger partial charge is 0.411 e. The molecule has 1 amide bonds. The van der Waals surface area contributed by atoms with Crippen molar-refractivity contribution in [3.8, 4) is 0 Å². The van der Waals surface area contributed by atoms with E-state index < -0.39 is 17.2 Å². The number of esters is 1. The van der Waals surface area contributed by atoms with Crippen LogP contribution in [0.1, 0.15) is 53.9 Å². The second-order valence-electron chi connectivity index (χ2n) is 6.74. The summed E-state index contributed by atoms with van der Waals surface area (Å²) < 4.78 is 10.4. The number of nitrogens with zero attached hydrogens (tertiary/aromatic N) is 1. The molecule has 0 radical (unpaired) electrons. The van der Waals surface area contributed by atoms with E-state index in [-0.39, 0.29) is 5.97 Å². The molecule has 21 heavy (non-hydrogen) atoms. The van der Waals surface area contributed by atoms with Crippen LogP contribution in [0.2, 0.25) is 0 Å². The Morgan fingerprint density at radius 2 is 1.90 bits per heavy atom. The van der Waals surface area contributed by atoms with Gasteiger partial charge in [-0.3, -0.25) is 4.90 Å². The molecule has 1 rings (SSSR count). The van der Waals surface area contributed by atoms with Gasteiger partial charge in [-0.25, -0.2) is 9.59 Å². The Hall–Kier alpha value is -1.52. The van der Waals surface area contributed by atoms with Gasteiger partial charge in [0.1, 0.15) is 11.1 Å². The number of carbonyl (C=O) groups is 2. The minimum atomic E-state index is -0.936. The summed E-state index contributed by atoms with van der Waals surface area (Å²) in [4.78, 5) is 26.3. The first-order valence-corrected chi connectivity index (χ1v) is 7.35. The van der Waals surface area contributed by atoms with Crippen LogP contribution >= 0.6 is 0 Å². The SMILES string of the molecule is COC(=O)C1(CC=C(C)C)CCCN1C(=O)OC(C)(C)C. The van der Waals surface area contributed by atoms with Crippen LogP contribution in [0.5, 0.6) is 0 Å². The topological polar surface area (TPSA) is 55.8 Å². The molecule has 0 aliphatic carbocycles. The van der Waals surface area contributed by atoms with Gasteiger partial charge in [0.25, 0.3) is 0 Å². The van der Waals surface area contributed by atoms with Gasteiger partial charge in [-0.2, -0.15) is 0 Å². The van der Waals surface area contributed by atoms with Crippen molar-refractivity contribution in [2.75, 3.05) is 13.7 Å². The molecule has 0 bridgehead atoms. The van der Waals surface area contributed by atoms with Gasteiger partial charge in [0.15, 0.2) is 0 Å². The van der Waals surface area contributed by atoms with Gasteiger partial charge < -0.3 is 9.47 Å². The molecule has 1 heterocycles. The molecule has 0 aromatic rings. The Balaban J connectivity index is 3.07. The summed E-state index contributed by atoms with van der Waals surface area (Å²) in [5.41, 5.74) is -0.416. The second-order valence-corrected chi connectivity index (χ2v) is 6.74. The average molecular weight is 297 g/mol. The van der Waals surface area contributed by atoms with E-state index in [2.05, 4.69) is 0 Å². The Morgan fingerprint density at radius 1 is 1.29 bits per heavy atom. The number of carbonyl (C=O) groups excluding carboxylic acids is 2. The average Bonchev–Trinajstić information content (AvgIpc) is 2.78. The molecule has 0 aromatic carbocycles. The van der Waals surface area contributed by atoms with E-state index in [1.807, 2.05) is 40.7 Å². The molecule has 1 atom stereocenters. The van der Waals surface area contributed by atoms with E-state index in [0.29, 0.717) is 19.4 Å². The Morgan fingerprint density at radius 3 is 2.38 bits per heavy atom. The molecule has 5 nitrogen and oxygen atoms in total. The van der Waals surface area contributed by atoms with Gasteiger partial charge in [0.05, 0.1) is 7.11 Å². The minimum Gasteiger partial charge on any atom is -0.467 e. The highest BCUT2D eigenvalue weighted by molar-refractivity contribution is 5.86. The van der Waals surface area contributed by atoms with Crippen molar-refractivity contribution < 1.29 is 19.1 Å². The molecule has 1 saturated heterocycles. The fourth-order valence-corrected chi connectivity index (χ4v) is 2.53. The predicted molar refractivity (Wildman–Crippen MR) is 81.0 cm³/mol. The van der Waals surface area contributed by atoms with E-state index in [0.717, 1.165) is 12.0 Å². The maximum absolute atomic E-state index is 12.4. The zero-order valence-electron chi connectivity index (χ0n) is 14.0. The summed E-state index contributed by atoms with van der Waals surface area (Å²) in [6.07, 6.45) is 3.35. The molecule has 1 unspecified atom stereocenters. The zero-order chi connectivity index (χ0) is 16.3. The number of likely N-dealkylation sites (tertiary alicyclic amines) is 1. The van der Waals surface area contributed by atoms with Crippen molar-refractivity contribution in [1.82, 2.24) is 4.90 Å². The maximum atomic E-state index is 12.4. The van der Waals surface area contributed by atoms with Crippen molar-refractivity contribution in [2.24, 2.45) is 0 Å². The summed E-state index contributed by atoms with van der Waals surface area (Å²) in [7, 11) is 1.36. The minimum absolute atomic E-state index is 0.372. The first kappa shape index (κ1) is 17.5. The lowest BCUT2D eigenvalue weighted by Crippen LogP contribution is -2.54. The lowest BCUT2D eigenvalue weighted by atomic mass is 9.91. The zero-order valence-corrected chi connectivity index (χ0v) is 14.0. The molecule has 1 fully saturated rings. The van der Waals surface area contributed by atoms with Gasteiger partial charge >= 0.3 is 12.1 Å². The van der Waals surface area contributed by atoms with E-state index in [1.165, 1.54) is 12.0 Å². The van der Waals surface area contributed by atoms with Crippen molar-refractivity contribution in [3.05, 3.63) is 11.6 Å². The Kier molecular flexibility index (Phi) is 5.42. The molecule has 120 valence electrons. The molecule has 0 spiro atoms. The van der Waals surface area contributed by atoms with Gasteiger partial charge in [-0.15, -0.1) is 0 Å². The Bertz CT molecular complexity index is 432. The number of methoxy groups -OCH3 is 1. The van der Waals surface area contributed by atoms with E-state index in [4.69, 9.17) is 9.47 Å². The van der Waals surface area contributed by atoms with Gasteiger partial charge in [0, 0.05) is 6.54 Å². The summed E-state index contributed by atoms with van der Waals surface area (Å²) >= 11 is 0. The van der Waals surface area contributed by atoms with Crippen LogP contribution < -0.4 is 0 Å². The third-order valence-corrected chi connectivity index (χ3v) is 3.52. The van der Waals surface area contributed by atoms with Crippen LogP contribution in [0.3, 0.4) is 0 Å². The molecule has 5 heteroatoms. The predicted octanol–water partition coefficient (Wildman–Crippen LogP) is 3.29. The first-order valence-electron chi connectivity index (χ1n) is 7.35. The van der Waals surface area contributed by atoms with Crippen LogP contribution in [0, 0.1) is 0 Å². The van der Waals surface area contributed by atoms with Crippen LogP contribution in [-0.4, -0.2) is 41.8 Å². The van der Waals surface area contributed by atoms with Crippen molar-refractivity contribution in [2.45, 2.75) is 65.0 Å². The standard InChI is InChI=1S/C16H27NO4/c1-12(2)8-10-16(13(18)20-6)9-7-11-17(16)14(19)21-15(3,4)5/h8H,7,9-11H2,1-6H3. The van der Waals surface area contributed by atoms with Crippen molar-refractivity contribution in [1.29, 1.82) is 0 Å². The lowest BCUT2D eigenvalue weighted by molar-refractivity contribution is -0.153. The summed E-state index contributed by atoms with van der Waals surface area (Å²) in [5.74, 6) is -0.372. The van der Waals surface area contributed by atoms with Crippen LogP contribution in [0.25, 0.3) is 0 Å². The van der Waals surface area contributed by atoms with Gasteiger partial charge in [0.2, 0.25) is 0 Å². The molecule has 0 N–H and O–H groups in total. The number of amides is 1. The molecule has 1 aliphatic rings. The summed E-state index contributed by atoms with van der Waals surface area (Å²) in [6, 6.07) is 0. The number of rotatable bonds is 3. The van der Waals surface area contributed by atoms with E-state index in [9.17, 15) is 9.59 Å². The Labute approximate surface area is 127 Å². The third-order valence-electron chi connectivity index (χ3n) is 3.52. The molecular formula is C16H27NO4. The first-order chi connectivity index (χ1) is 9.62. The highest BCUT2D eigenvalue weighted by Crippen LogP contribution is 2.35. The number of allylic oxidation sites excluding steroid dienone is 1. The number of ether oxygens (including phenoxy) is 2. The van der Waals surface area contributed by atoms with Gasteiger partial charge in [-0.05, 0) is 53.9 Å². The van der Waals surface area contributed by atoms with Crippen molar-refractivity contribution in [3.63, 3.8) is 0 Å². The fourth-order valence-electron chi connectivity index (χ4n) is 2.53. The normalized spacial score (nSPS) is 21.9. The monoisotopic (exact) mass is 297 g/mol. The molecule has 1 aliphatic heterocycles. The maximum Gasteiger partial charge on any atom is 0.411 e. The molecular weight excluding hydrogens is 270 g/mol. The quantitative estimate of drug-likeness (QED) is 0.592. The van der Waals surface area contributed by atoms with Gasteiger partial charge in [-0.1, -0.05) is 11.6 Å². The third kappa shape index (κ3) is 4.22. The van der Waals surface area contributed by atoms with E-state index in [1.54, 1.807) is 0 Å². The largest absolute Gasteiger partial charge is 0.467 e. The van der Waals surface area contributed by atoms with Crippen molar-refractivity contribution >= 4 is 12.1 Å². The summed E-state index contributed by atoms with van der Waals surface area (Å²) in [5, 5.41) is 0. The molecule has 0 saturated carbocycles. The molecule has 0 aromatic heterocycles. The lowest BCUT2D eigenvalue weighted by Gasteiger charge is -2.36.